The van der Waals surface area contributed by atoms with Gasteiger partial charge in [0.25, 0.3) is 0 Å². The van der Waals surface area contributed by atoms with E-state index in [0.29, 0.717) is 0 Å². The number of carbonyl (C=O) groups is 1. The first-order valence-electron chi connectivity index (χ1n) is 4.36. The van der Waals surface area contributed by atoms with Crippen LogP contribution in [0.1, 0.15) is 20.3 Å². The molecular weight excluding hydrogens is 201 g/mol. The predicted octanol–water partition coefficient (Wildman–Crippen LogP) is 1.05. The fourth-order valence-corrected chi connectivity index (χ4v) is 1.29. The van der Waals surface area contributed by atoms with Crippen molar-refractivity contribution >= 4 is 11.9 Å². The van der Waals surface area contributed by atoms with Crippen molar-refractivity contribution in [1.82, 2.24) is 5.32 Å². The molecule has 84 valence electrons. The summed E-state index contributed by atoms with van der Waals surface area (Å²) in [5.41, 5.74) is -0.925. The van der Waals surface area contributed by atoms with E-state index in [1.165, 1.54) is 7.05 Å². The Morgan fingerprint density at radius 1 is 1.73 bits per heavy atom. The summed E-state index contributed by atoms with van der Waals surface area (Å²) >= 11 is 0. The van der Waals surface area contributed by atoms with E-state index in [0.717, 1.165) is 0 Å². The molecule has 15 heavy (non-hydrogen) atoms. The molecule has 0 aliphatic heterocycles. The van der Waals surface area contributed by atoms with Gasteiger partial charge in [-0.2, -0.15) is 9.65 Å². The minimum atomic E-state index is -1.26. The van der Waals surface area contributed by atoms with Crippen LogP contribution >= 0.6 is 0 Å². The summed E-state index contributed by atoms with van der Waals surface area (Å²) in [5, 5.41) is 21.5. The summed E-state index contributed by atoms with van der Waals surface area (Å²) in [6, 6.07) is 1.86. The van der Waals surface area contributed by atoms with Gasteiger partial charge in [0.15, 0.2) is 0 Å². The number of nitrogens with one attached hydrogen (secondary N) is 1. The third-order valence-electron chi connectivity index (χ3n) is 2.16. The first kappa shape index (κ1) is 13.4. The minimum absolute atomic E-state index is 0.0198. The highest BCUT2D eigenvalue weighted by molar-refractivity contribution is 6.00. The highest BCUT2D eigenvalue weighted by atomic mass is 19.1. The van der Waals surface area contributed by atoms with E-state index < -0.39 is 23.2 Å². The average molecular weight is 215 g/mol. The van der Waals surface area contributed by atoms with E-state index in [1.807, 2.05) is 6.07 Å². The average Bonchev–Trinajstić information content (AvgIpc) is 2.16. The Labute approximate surface area is 87.6 Å². The summed E-state index contributed by atoms with van der Waals surface area (Å²) in [4.78, 5) is 11.4. The fraction of sp³-hybridized carbons (Fsp3) is 0.667. The number of hydrogen-bond donors (Lipinski definition) is 2. The zero-order chi connectivity index (χ0) is 12.1. The lowest BCUT2D eigenvalue weighted by molar-refractivity contribution is -0.125. The van der Waals surface area contributed by atoms with Crippen LogP contribution in [0.3, 0.4) is 0 Å². The van der Waals surface area contributed by atoms with Gasteiger partial charge in [-0.15, -0.1) is 0 Å². The second-order valence-corrected chi connectivity index (χ2v) is 3.79. The van der Waals surface area contributed by atoms with Gasteiger partial charge in [-0.25, -0.2) is 0 Å². The second-order valence-electron chi connectivity index (χ2n) is 3.79. The molecule has 0 rings (SSSR count). The Morgan fingerprint density at radius 3 is 2.60 bits per heavy atom. The number of nitrogens with zero attached hydrogens (tertiary/aromatic N) is 2. The van der Waals surface area contributed by atoms with Crippen LogP contribution in [0.25, 0.3) is 0 Å². The van der Waals surface area contributed by atoms with Gasteiger partial charge < -0.3 is 10.5 Å². The van der Waals surface area contributed by atoms with Crippen LogP contribution in [0.2, 0.25) is 0 Å². The zero-order valence-corrected chi connectivity index (χ0v) is 8.91. The molecule has 0 bridgehead atoms. The van der Waals surface area contributed by atoms with E-state index in [9.17, 15) is 9.18 Å². The summed E-state index contributed by atoms with van der Waals surface area (Å²) in [6.07, 6.45) is -0.0198. The molecule has 0 aromatic carbocycles. The Bertz CT molecular complexity index is 307. The highest BCUT2D eigenvalue weighted by Gasteiger charge is 2.39. The van der Waals surface area contributed by atoms with Crippen molar-refractivity contribution in [3.05, 3.63) is 0 Å². The van der Waals surface area contributed by atoms with Crippen LogP contribution in [0.4, 0.5) is 4.39 Å². The monoisotopic (exact) mass is 215 g/mol. The quantitative estimate of drug-likeness (QED) is 0.417. The summed E-state index contributed by atoms with van der Waals surface area (Å²) in [7, 11) is 1.35. The molecule has 6 heteroatoms. The lowest BCUT2D eigenvalue weighted by atomic mass is 9.76. The molecule has 1 atom stereocenters. The maximum atomic E-state index is 13.2. The van der Waals surface area contributed by atoms with Crippen molar-refractivity contribution in [3.63, 3.8) is 0 Å². The molecule has 0 spiro atoms. The van der Waals surface area contributed by atoms with Crippen LogP contribution in [0.5, 0.6) is 0 Å². The van der Waals surface area contributed by atoms with Crippen LogP contribution < -0.4 is 5.32 Å². The van der Waals surface area contributed by atoms with Gasteiger partial charge in [-0.1, -0.05) is 19.0 Å². The fourth-order valence-electron chi connectivity index (χ4n) is 1.29. The van der Waals surface area contributed by atoms with Crippen LogP contribution in [0.15, 0.2) is 5.16 Å². The smallest absolute Gasteiger partial charge is 0.239 e. The molecule has 5 nitrogen and oxygen atoms in total. The minimum Gasteiger partial charge on any atom is -0.409 e. The van der Waals surface area contributed by atoms with E-state index in [-0.39, 0.29) is 6.42 Å². The number of hydrogen-bond acceptors (Lipinski definition) is 4. The molecule has 0 saturated carbocycles. The summed E-state index contributed by atoms with van der Waals surface area (Å²) in [5.74, 6) is -3.06. The first-order valence-corrected chi connectivity index (χ1v) is 4.36. The van der Waals surface area contributed by atoms with Crippen molar-refractivity contribution in [2.24, 2.45) is 16.5 Å². The van der Waals surface area contributed by atoms with Crippen molar-refractivity contribution in [2.45, 2.75) is 20.3 Å². The third-order valence-corrected chi connectivity index (χ3v) is 2.16. The predicted molar refractivity (Wildman–Crippen MR) is 51.9 cm³/mol. The van der Waals surface area contributed by atoms with Gasteiger partial charge in [0.1, 0.15) is 5.92 Å². The molecule has 1 amide bonds. The zero-order valence-electron chi connectivity index (χ0n) is 8.91. The molecule has 1 unspecified atom stereocenters. The van der Waals surface area contributed by atoms with Crippen LogP contribution in [-0.4, -0.2) is 24.1 Å². The highest BCUT2D eigenvalue weighted by Crippen LogP contribution is 2.32. The van der Waals surface area contributed by atoms with Gasteiger partial charge >= 0.3 is 0 Å². The van der Waals surface area contributed by atoms with Gasteiger partial charge in [0.05, 0.1) is 6.07 Å². The molecule has 0 aromatic rings. The van der Waals surface area contributed by atoms with Gasteiger partial charge in [-0.3, -0.25) is 4.79 Å². The topological polar surface area (TPSA) is 85.5 Å². The van der Waals surface area contributed by atoms with Crippen molar-refractivity contribution in [2.75, 3.05) is 7.05 Å². The molecule has 0 aliphatic carbocycles. The van der Waals surface area contributed by atoms with Crippen LogP contribution in [-0.2, 0) is 4.79 Å². The first-order chi connectivity index (χ1) is 6.90. The van der Waals surface area contributed by atoms with E-state index in [1.54, 1.807) is 13.8 Å². The molecule has 0 aromatic heterocycles. The Morgan fingerprint density at radius 2 is 2.27 bits per heavy atom. The molecular formula is C9H14FN3O2. The molecule has 2 N–H and O–H groups in total. The SMILES string of the molecule is CNC(=O)C(C(F)=NO)C(C)(C)CC#N. The third kappa shape index (κ3) is 3.20. The maximum absolute atomic E-state index is 13.2. The number of carbonyl (C=O) groups excluding carboxylic acids is 1. The number of nitriles is 1. The second kappa shape index (κ2) is 5.29. The number of amides is 1. The van der Waals surface area contributed by atoms with E-state index >= 15 is 0 Å². The number of halogens is 1. The maximum Gasteiger partial charge on any atom is 0.239 e. The van der Waals surface area contributed by atoms with Crippen molar-refractivity contribution in [3.8, 4) is 6.07 Å². The Balaban J connectivity index is 5.12. The lowest BCUT2D eigenvalue weighted by Gasteiger charge is -2.28. The lowest BCUT2D eigenvalue weighted by Crippen LogP contribution is -2.41. The van der Waals surface area contributed by atoms with Gasteiger partial charge in [0.2, 0.25) is 11.9 Å². The number of rotatable bonds is 4. The normalized spacial score (nSPS) is 14.2. The van der Waals surface area contributed by atoms with Crippen molar-refractivity contribution < 1.29 is 14.4 Å². The standard InChI is InChI=1S/C9H14FN3O2/c1-9(2,4-5-11)6(7(10)13-15)8(14)12-3/h6,15H,4H2,1-3H3,(H,12,14). The largest absolute Gasteiger partial charge is 0.409 e. The Kier molecular flexibility index (Phi) is 4.71. The molecule has 0 aliphatic rings. The Hall–Kier alpha value is -1.64. The number of oxime groups is 1. The molecule has 0 saturated heterocycles. The summed E-state index contributed by atoms with van der Waals surface area (Å²) < 4.78 is 13.2. The van der Waals surface area contributed by atoms with Crippen molar-refractivity contribution in [1.29, 1.82) is 5.26 Å². The van der Waals surface area contributed by atoms with Gasteiger partial charge in [-0.05, 0) is 5.41 Å². The molecule has 0 heterocycles. The van der Waals surface area contributed by atoms with E-state index in [2.05, 4.69) is 10.5 Å². The summed E-state index contributed by atoms with van der Waals surface area (Å²) in [6.45, 7) is 3.11. The molecule has 0 radical (unpaired) electrons. The van der Waals surface area contributed by atoms with E-state index in [4.69, 9.17) is 10.5 Å². The van der Waals surface area contributed by atoms with Crippen LogP contribution in [0, 0.1) is 22.7 Å². The molecule has 0 fully saturated rings. The van der Waals surface area contributed by atoms with Gasteiger partial charge in [0, 0.05) is 13.5 Å².